The summed E-state index contributed by atoms with van der Waals surface area (Å²) in [5, 5.41) is 0.851. The summed E-state index contributed by atoms with van der Waals surface area (Å²) in [6, 6.07) is 10.5. The van der Waals surface area contributed by atoms with Crippen LogP contribution in [0.4, 0.5) is 0 Å². The Balaban J connectivity index is 1.29. The lowest BCUT2D eigenvalue weighted by atomic mass is 10.2. The third-order valence-corrected chi connectivity index (χ3v) is 6.33. The number of hydrogen-bond donors (Lipinski definition) is 0. The fourth-order valence-electron chi connectivity index (χ4n) is 3.59. The molecule has 156 valence electrons. The quantitative estimate of drug-likeness (QED) is 0.421. The van der Waals surface area contributed by atoms with E-state index in [1.165, 1.54) is 29.5 Å². The second-order valence-electron chi connectivity index (χ2n) is 7.69. The molecule has 1 saturated carbocycles. The Labute approximate surface area is 179 Å². The molecule has 0 saturated heterocycles. The van der Waals surface area contributed by atoms with Gasteiger partial charge in [-0.05, 0) is 56.5 Å². The summed E-state index contributed by atoms with van der Waals surface area (Å²) in [6.07, 6.45) is 5.58. The van der Waals surface area contributed by atoms with Crippen molar-refractivity contribution in [3.63, 3.8) is 0 Å². The predicted molar refractivity (Wildman–Crippen MR) is 118 cm³/mol. The number of thiazole rings is 1. The van der Waals surface area contributed by atoms with Crippen LogP contribution in [0, 0.1) is 13.8 Å². The highest BCUT2D eigenvalue weighted by Gasteiger charge is 2.26. The first-order valence-corrected chi connectivity index (χ1v) is 10.9. The van der Waals surface area contributed by atoms with E-state index in [9.17, 15) is 9.59 Å². The molecule has 0 unspecified atom stereocenters. The van der Waals surface area contributed by atoms with Crippen molar-refractivity contribution >= 4 is 39.5 Å². The highest BCUT2D eigenvalue weighted by atomic mass is 32.1. The number of fused-ring (bicyclic) bond motifs is 1. The number of esters is 1. The molecule has 1 aliphatic rings. The summed E-state index contributed by atoms with van der Waals surface area (Å²) < 4.78 is 8.55. The molecule has 0 radical (unpaired) electrons. The Morgan fingerprint density at radius 3 is 2.80 bits per heavy atom. The van der Waals surface area contributed by atoms with Gasteiger partial charge in [-0.25, -0.2) is 9.78 Å². The first kappa shape index (κ1) is 20.3. The van der Waals surface area contributed by atoms with Crippen molar-refractivity contribution in [2.24, 2.45) is 0 Å². The summed E-state index contributed by atoms with van der Waals surface area (Å²) >= 11 is 1.56. The molecule has 0 aliphatic heterocycles. The molecule has 1 amide bonds. The van der Waals surface area contributed by atoms with Gasteiger partial charge in [0.1, 0.15) is 5.01 Å². The number of amides is 1. The number of para-hydroxylation sites is 1. The standard InChI is InChI=1S/C23H25N3O3S/c1-15-12-17(16(2)26(15)18-9-10-18)8-11-23(28)29-14-22(27)25(3)13-21-24-19-6-4-5-7-20(19)30-21/h4-8,11-12,18H,9-10,13-14H2,1-3H3/b11-8+. The van der Waals surface area contributed by atoms with E-state index in [0.717, 1.165) is 26.5 Å². The van der Waals surface area contributed by atoms with Gasteiger partial charge in [-0.15, -0.1) is 11.3 Å². The Hall–Kier alpha value is -2.93. The summed E-state index contributed by atoms with van der Waals surface area (Å²) in [6.45, 7) is 4.25. The van der Waals surface area contributed by atoms with Crippen LogP contribution in [0.15, 0.2) is 36.4 Å². The first-order valence-electron chi connectivity index (χ1n) is 10.0. The lowest BCUT2D eigenvalue weighted by Crippen LogP contribution is -2.30. The van der Waals surface area contributed by atoms with E-state index in [4.69, 9.17) is 4.74 Å². The molecule has 0 atom stereocenters. The van der Waals surface area contributed by atoms with Gasteiger partial charge in [0.15, 0.2) is 6.61 Å². The van der Waals surface area contributed by atoms with Crippen LogP contribution in [-0.2, 0) is 20.9 Å². The molecule has 0 spiro atoms. The van der Waals surface area contributed by atoms with Crippen LogP contribution >= 0.6 is 11.3 Å². The van der Waals surface area contributed by atoms with Crippen LogP contribution in [0.5, 0.6) is 0 Å². The minimum absolute atomic E-state index is 0.261. The van der Waals surface area contributed by atoms with Gasteiger partial charge in [-0.1, -0.05) is 12.1 Å². The Morgan fingerprint density at radius 2 is 2.07 bits per heavy atom. The van der Waals surface area contributed by atoms with Gasteiger partial charge in [-0.2, -0.15) is 0 Å². The van der Waals surface area contributed by atoms with Crippen molar-refractivity contribution in [1.82, 2.24) is 14.5 Å². The van der Waals surface area contributed by atoms with Gasteiger partial charge in [0.25, 0.3) is 5.91 Å². The number of carbonyl (C=O) groups excluding carboxylic acids is 2. The second kappa shape index (κ2) is 8.44. The number of rotatable bonds is 7. The van der Waals surface area contributed by atoms with Gasteiger partial charge in [0.2, 0.25) is 0 Å². The minimum atomic E-state index is -0.520. The predicted octanol–water partition coefficient (Wildman–Crippen LogP) is 4.26. The van der Waals surface area contributed by atoms with Gasteiger partial charge in [0, 0.05) is 30.6 Å². The topological polar surface area (TPSA) is 64.4 Å². The molecule has 0 N–H and O–H groups in total. The second-order valence-corrected chi connectivity index (χ2v) is 8.81. The number of carbonyl (C=O) groups is 2. The van der Waals surface area contributed by atoms with E-state index in [-0.39, 0.29) is 12.5 Å². The molecule has 6 nitrogen and oxygen atoms in total. The molecule has 3 aromatic rings. The number of aryl methyl sites for hydroxylation is 1. The first-order chi connectivity index (χ1) is 14.4. The number of benzene rings is 1. The van der Waals surface area contributed by atoms with Crippen LogP contribution in [0.25, 0.3) is 16.3 Å². The number of hydrogen-bond acceptors (Lipinski definition) is 5. The lowest BCUT2D eigenvalue weighted by Gasteiger charge is -2.15. The minimum Gasteiger partial charge on any atom is -0.452 e. The molecule has 2 aromatic heterocycles. The fraction of sp³-hybridized carbons (Fsp3) is 0.348. The van der Waals surface area contributed by atoms with Gasteiger partial charge in [-0.3, -0.25) is 4.79 Å². The summed E-state index contributed by atoms with van der Waals surface area (Å²) in [5.41, 5.74) is 4.30. The van der Waals surface area contributed by atoms with Crippen molar-refractivity contribution in [2.75, 3.05) is 13.7 Å². The SMILES string of the molecule is Cc1cc(/C=C/C(=O)OCC(=O)N(C)Cc2nc3ccccc3s2)c(C)n1C1CC1. The zero-order valence-electron chi connectivity index (χ0n) is 17.4. The van der Waals surface area contributed by atoms with Gasteiger partial charge < -0.3 is 14.2 Å². The van der Waals surface area contributed by atoms with Crippen molar-refractivity contribution < 1.29 is 14.3 Å². The van der Waals surface area contributed by atoms with Crippen molar-refractivity contribution in [3.05, 3.63) is 58.4 Å². The van der Waals surface area contributed by atoms with Crippen LogP contribution in [-0.4, -0.2) is 40.0 Å². The molecule has 1 aromatic carbocycles. The number of ether oxygens (including phenoxy) is 1. The maximum Gasteiger partial charge on any atom is 0.331 e. The van der Waals surface area contributed by atoms with E-state index in [0.29, 0.717) is 12.6 Å². The molecule has 30 heavy (non-hydrogen) atoms. The van der Waals surface area contributed by atoms with Crippen molar-refractivity contribution in [3.8, 4) is 0 Å². The van der Waals surface area contributed by atoms with Crippen molar-refractivity contribution in [1.29, 1.82) is 0 Å². The molecule has 1 fully saturated rings. The third-order valence-electron chi connectivity index (χ3n) is 5.31. The lowest BCUT2D eigenvalue weighted by molar-refractivity contribution is -0.147. The molecule has 0 bridgehead atoms. The molecule has 1 aliphatic carbocycles. The summed E-state index contributed by atoms with van der Waals surface area (Å²) in [5.74, 6) is -0.782. The average molecular weight is 424 g/mol. The van der Waals surface area contributed by atoms with Crippen LogP contribution in [0.1, 0.15) is 40.8 Å². The summed E-state index contributed by atoms with van der Waals surface area (Å²) in [7, 11) is 1.69. The molecule has 7 heteroatoms. The average Bonchev–Trinajstić information content (AvgIpc) is 3.40. The van der Waals surface area contributed by atoms with Crippen LogP contribution < -0.4 is 0 Å². The number of likely N-dealkylation sites (N-methyl/N-ethyl adjacent to an activating group) is 1. The number of nitrogens with zero attached hydrogens (tertiary/aromatic N) is 3. The zero-order chi connectivity index (χ0) is 21.3. The van der Waals surface area contributed by atoms with E-state index in [2.05, 4.69) is 29.5 Å². The van der Waals surface area contributed by atoms with Gasteiger partial charge in [0.05, 0.1) is 16.8 Å². The zero-order valence-corrected chi connectivity index (χ0v) is 18.2. The fourth-order valence-corrected chi connectivity index (χ4v) is 4.61. The van der Waals surface area contributed by atoms with Gasteiger partial charge >= 0.3 is 5.97 Å². The Kier molecular flexibility index (Phi) is 5.72. The van der Waals surface area contributed by atoms with E-state index in [1.807, 2.05) is 24.3 Å². The smallest absolute Gasteiger partial charge is 0.331 e. The monoisotopic (exact) mass is 423 g/mol. The number of aromatic nitrogens is 2. The van der Waals surface area contributed by atoms with Crippen molar-refractivity contribution in [2.45, 2.75) is 39.3 Å². The maximum atomic E-state index is 12.3. The molecule has 4 rings (SSSR count). The maximum absolute atomic E-state index is 12.3. The van der Waals surface area contributed by atoms with E-state index >= 15 is 0 Å². The molecule has 2 heterocycles. The Morgan fingerprint density at radius 1 is 1.30 bits per heavy atom. The largest absolute Gasteiger partial charge is 0.452 e. The Bertz CT molecular complexity index is 1090. The highest BCUT2D eigenvalue weighted by molar-refractivity contribution is 7.18. The van der Waals surface area contributed by atoms with Crippen LogP contribution in [0.3, 0.4) is 0 Å². The van der Waals surface area contributed by atoms with E-state index < -0.39 is 5.97 Å². The van der Waals surface area contributed by atoms with E-state index in [1.54, 1.807) is 24.5 Å². The van der Waals surface area contributed by atoms with Crippen LogP contribution in [0.2, 0.25) is 0 Å². The third kappa shape index (κ3) is 4.46. The summed E-state index contributed by atoms with van der Waals surface area (Å²) in [4.78, 5) is 30.5. The normalized spacial score (nSPS) is 13.8. The molecular weight excluding hydrogens is 398 g/mol. The molecular formula is C23H25N3O3S. The highest BCUT2D eigenvalue weighted by Crippen LogP contribution is 2.38.